The van der Waals surface area contributed by atoms with Gasteiger partial charge in [0, 0.05) is 36.7 Å². The number of carboxylic acid groups (broad SMARTS) is 1. The first-order chi connectivity index (χ1) is 14.7. The number of carboxylic acids is 1. The van der Waals surface area contributed by atoms with Gasteiger partial charge >= 0.3 is 12.1 Å². The molecule has 0 saturated carbocycles. The van der Waals surface area contributed by atoms with Crippen molar-refractivity contribution in [2.45, 2.75) is 50.6 Å². The molecule has 2 atom stereocenters. The summed E-state index contributed by atoms with van der Waals surface area (Å²) in [4.78, 5) is 21.4. The lowest BCUT2D eigenvalue weighted by Crippen LogP contribution is -2.47. The van der Waals surface area contributed by atoms with Crippen LogP contribution in [0.5, 0.6) is 5.88 Å². The van der Waals surface area contributed by atoms with Crippen molar-refractivity contribution in [2.24, 2.45) is 0 Å². The van der Waals surface area contributed by atoms with E-state index in [0.717, 1.165) is 38.2 Å². The van der Waals surface area contributed by atoms with Crippen LogP contribution >= 0.6 is 11.3 Å². The highest BCUT2D eigenvalue weighted by Gasteiger charge is 2.44. The number of pyridine rings is 1. The number of nitrogens with zero attached hydrogens (tertiary/aromatic N) is 3. The molecular weight excluding hydrogens is 435 g/mol. The molecule has 11 heteroatoms. The lowest BCUT2D eigenvalue weighted by Gasteiger charge is -2.39. The van der Waals surface area contributed by atoms with Crippen LogP contribution in [0.2, 0.25) is 0 Å². The maximum Gasteiger partial charge on any atom is 0.490 e. The third-order valence-electron chi connectivity index (χ3n) is 5.17. The van der Waals surface area contributed by atoms with Crippen LogP contribution in [-0.2, 0) is 16.1 Å². The maximum atomic E-state index is 10.6. The van der Waals surface area contributed by atoms with E-state index in [1.807, 2.05) is 23.7 Å². The number of aryl methyl sites for hydroxylation is 1. The minimum Gasteiger partial charge on any atom is -0.475 e. The molecule has 1 N–H and O–H groups in total. The van der Waals surface area contributed by atoms with Gasteiger partial charge in [-0.25, -0.2) is 14.8 Å². The fourth-order valence-corrected chi connectivity index (χ4v) is 4.58. The molecule has 0 aliphatic carbocycles. The number of hydrogen-bond acceptors (Lipinski definition) is 7. The second-order valence-corrected chi connectivity index (χ2v) is 8.52. The second-order valence-electron chi connectivity index (χ2n) is 7.58. The Morgan fingerprint density at radius 2 is 2.19 bits per heavy atom. The van der Waals surface area contributed by atoms with Crippen molar-refractivity contribution >= 4 is 17.3 Å². The van der Waals surface area contributed by atoms with Gasteiger partial charge in [0.1, 0.15) is 6.10 Å². The molecule has 2 aromatic heterocycles. The van der Waals surface area contributed by atoms with E-state index in [1.54, 1.807) is 17.5 Å². The Hall–Kier alpha value is -2.24. The summed E-state index contributed by atoms with van der Waals surface area (Å²) in [7, 11) is 0. The van der Waals surface area contributed by atoms with E-state index < -0.39 is 12.1 Å². The van der Waals surface area contributed by atoms with Crippen molar-refractivity contribution in [3.8, 4) is 5.88 Å². The first-order valence-corrected chi connectivity index (χ1v) is 10.7. The number of halogens is 3. The predicted molar refractivity (Wildman–Crippen MR) is 107 cm³/mol. The summed E-state index contributed by atoms with van der Waals surface area (Å²) >= 11 is 1.75. The number of rotatable bonds is 4. The number of ether oxygens (including phenoxy) is 2. The summed E-state index contributed by atoms with van der Waals surface area (Å²) in [5, 5.41) is 7.12. The van der Waals surface area contributed by atoms with Crippen molar-refractivity contribution in [3.05, 3.63) is 40.5 Å². The van der Waals surface area contributed by atoms with Crippen molar-refractivity contribution in [1.29, 1.82) is 0 Å². The molecule has 2 saturated heterocycles. The molecule has 2 aromatic rings. The topological polar surface area (TPSA) is 84.8 Å². The van der Waals surface area contributed by atoms with Gasteiger partial charge in [-0.3, -0.25) is 4.90 Å². The van der Waals surface area contributed by atoms with Gasteiger partial charge in [0.05, 0.1) is 23.4 Å². The van der Waals surface area contributed by atoms with Gasteiger partial charge in [-0.2, -0.15) is 13.2 Å². The van der Waals surface area contributed by atoms with E-state index in [2.05, 4.69) is 21.8 Å². The molecule has 0 aromatic carbocycles. The van der Waals surface area contributed by atoms with Gasteiger partial charge in [-0.05, 0) is 32.4 Å². The van der Waals surface area contributed by atoms with Crippen molar-refractivity contribution in [2.75, 3.05) is 19.7 Å². The van der Waals surface area contributed by atoms with E-state index in [-0.39, 0.29) is 11.7 Å². The summed E-state index contributed by atoms with van der Waals surface area (Å²) in [6.45, 7) is 5.84. The molecule has 4 heterocycles. The Bertz CT molecular complexity index is 865. The maximum absolute atomic E-state index is 10.6. The first-order valence-electron chi connectivity index (χ1n) is 9.80. The van der Waals surface area contributed by atoms with Crippen LogP contribution in [0.3, 0.4) is 0 Å². The molecule has 7 nitrogen and oxygen atoms in total. The summed E-state index contributed by atoms with van der Waals surface area (Å²) in [5.41, 5.74) is 3.03. The monoisotopic (exact) mass is 459 g/mol. The Morgan fingerprint density at radius 3 is 2.81 bits per heavy atom. The molecule has 0 unspecified atom stereocenters. The fourth-order valence-electron chi connectivity index (χ4n) is 3.76. The smallest absolute Gasteiger partial charge is 0.475 e. The average Bonchev–Trinajstić information content (AvgIpc) is 3.29. The van der Waals surface area contributed by atoms with Gasteiger partial charge in [0.2, 0.25) is 5.88 Å². The quantitative estimate of drug-likeness (QED) is 0.747. The normalized spacial score (nSPS) is 23.9. The van der Waals surface area contributed by atoms with E-state index in [4.69, 9.17) is 19.4 Å². The zero-order valence-electron chi connectivity index (χ0n) is 17.0. The van der Waals surface area contributed by atoms with Gasteiger partial charge in [-0.15, -0.1) is 11.3 Å². The van der Waals surface area contributed by atoms with Crippen LogP contribution in [-0.4, -0.2) is 63.5 Å². The molecule has 0 bridgehead atoms. The minimum atomic E-state index is -5.08. The molecular formula is C20H24F3N3O4S. The second kappa shape index (κ2) is 9.92. The first kappa shape index (κ1) is 23.4. The summed E-state index contributed by atoms with van der Waals surface area (Å²) < 4.78 is 44.0. The van der Waals surface area contributed by atoms with Crippen LogP contribution in [0.15, 0.2) is 29.9 Å². The highest BCUT2D eigenvalue weighted by Crippen LogP contribution is 2.36. The van der Waals surface area contributed by atoms with E-state index in [1.165, 1.54) is 11.3 Å². The highest BCUT2D eigenvalue weighted by atomic mass is 32.1. The summed E-state index contributed by atoms with van der Waals surface area (Å²) in [6, 6.07) is 5.76. The highest BCUT2D eigenvalue weighted by molar-refractivity contribution is 7.09. The minimum absolute atomic E-state index is 0.0592. The Balaban J connectivity index is 0.000000339. The molecule has 4 rings (SSSR count). The molecule has 2 fully saturated rings. The molecule has 0 amide bonds. The van der Waals surface area contributed by atoms with Gasteiger partial charge < -0.3 is 14.6 Å². The van der Waals surface area contributed by atoms with Crippen LogP contribution in [0, 0.1) is 6.92 Å². The van der Waals surface area contributed by atoms with E-state index in [0.29, 0.717) is 12.5 Å². The average molecular weight is 459 g/mol. The number of likely N-dealkylation sites (tertiary alicyclic amines) is 1. The van der Waals surface area contributed by atoms with E-state index in [9.17, 15) is 13.2 Å². The number of piperidine rings is 1. The number of aromatic nitrogens is 2. The Kier molecular flexibility index (Phi) is 7.50. The number of aliphatic carboxylic acids is 1. The summed E-state index contributed by atoms with van der Waals surface area (Å²) in [5.74, 6) is -2.07. The number of carbonyl (C=O) groups is 1. The largest absolute Gasteiger partial charge is 0.490 e. The van der Waals surface area contributed by atoms with Crippen LogP contribution in [0.25, 0.3) is 0 Å². The molecule has 2 aliphatic heterocycles. The SMILES string of the molecule is Cc1ncsc1CN1CCC[C@]2(C[C@@H](Oc3ccccn3)CO2)C1.O=C(O)C(F)(F)F. The lowest BCUT2D eigenvalue weighted by atomic mass is 9.89. The van der Waals surface area contributed by atoms with Crippen LogP contribution < -0.4 is 4.74 Å². The zero-order chi connectivity index (χ0) is 22.5. The van der Waals surface area contributed by atoms with Gasteiger partial charge in [-0.1, -0.05) is 6.07 Å². The van der Waals surface area contributed by atoms with Crippen molar-refractivity contribution in [3.63, 3.8) is 0 Å². The summed E-state index contributed by atoms with van der Waals surface area (Å²) in [6.07, 6.45) is 0.0223. The number of thiazole rings is 1. The van der Waals surface area contributed by atoms with Crippen molar-refractivity contribution in [1.82, 2.24) is 14.9 Å². The van der Waals surface area contributed by atoms with Gasteiger partial charge in [0.25, 0.3) is 0 Å². The Morgan fingerprint density at radius 1 is 1.42 bits per heavy atom. The third-order valence-corrected chi connectivity index (χ3v) is 6.09. The molecule has 31 heavy (non-hydrogen) atoms. The molecule has 1 spiro atoms. The molecule has 2 aliphatic rings. The molecule has 170 valence electrons. The lowest BCUT2D eigenvalue weighted by molar-refractivity contribution is -0.192. The van der Waals surface area contributed by atoms with Gasteiger partial charge in [0.15, 0.2) is 0 Å². The number of hydrogen-bond donors (Lipinski definition) is 1. The fraction of sp³-hybridized carbons (Fsp3) is 0.550. The van der Waals surface area contributed by atoms with Crippen molar-refractivity contribution < 1.29 is 32.5 Å². The standard InChI is InChI=1S/C18H23N3O2S.C2HF3O2/c1-14-16(24-13-20-14)10-21-8-4-6-18(12-21)9-15(11-22-18)23-17-5-2-3-7-19-17;3-2(4,5)1(6)7/h2-3,5,7,13,15H,4,6,8-12H2,1H3;(H,6,7)/t15-,18+;/m1./s1. The van der Waals surface area contributed by atoms with E-state index >= 15 is 0 Å². The number of alkyl halides is 3. The van der Waals surface area contributed by atoms with Crippen LogP contribution in [0.4, 0.5) is 13.2 Å². The predicted octanol–water partition coefficient (Wildman–Crippen LogP) is 3.68. The Labute approximate surface area is 181 Å². The third kappa shape index (κ3) is 6.62. The van der Waals surface area contributed by atoms with Crippen LogP contribution in [0.1, 0.15) is 29.8 Å². The zero-order valence-corrected chi connectivity index (χ0v) is 17.8. The molecule has 0 radical (unpaired) electrons.